The molecule has 1 saturated heterocycles. The highest BCUT2D eigenvalue weighted by atomic mass is 32.2. The molecular formula is C15H19NO5S. The van der Waals surface area contributed by atoms with Crippen LogP contribution in [0.3, 0.4) is 0 Å². The number of carboxylic acid groups (broad SMARTS) is 1. The fourth-order valence-corrected chi connectivity index (χ4v) is 4.09. The van der Waals surface area contributed by atoms with Crippen molar-refractivity contribution in [2.45, 2.75) is 31.6 Å². The van der Waals surface area contributed by atoms with E-state index >= 15 is 0 Å². The van der Waals surface area contributed by atoms with Gasteiger partial charge < -0.3 is 5.11 Å². The normalized spacial score (nSPS) is 22.6. The van der Waals surface area contributed by atoms with E-state index in [1.807, 2.05) is 0 Å². The van der Waals surface area contributed by atoms with E-state index in [2.05, 4.69) is 0 Å². The quantitative estimate of drug-likeness (QED) is 0.833. The molecule has 7 heteroatoms. The lowest BCUT2D eigenvalue weighted by Crippen LogP contribution is -2.34. The third-order valence-electron chi connectivity index (χ3n) is 4.07. The Balaban J connectivity index is 2.32. The second-order valence-electron chi connectivity index (χ2n) is 5.76. The van der Waals surface area contributed by atoms with Gasteiger partial charge >= 0.3 is 5.97 Å². The molecule has 0 aromatic heterocycles. The predicted octanol–water partition coefficient (Wildman–Crippen LogP) is 1.76. The maximum absolute atomic E-state index is 12.6. The van der Waals surface area contributed by atoms with Gasteiger partial charge in [0.1, 0.15) is 0 Å². The zero-order chi connectivity index (χ0) is 16.5. The molecule has 1 heterocycles. The molecule has 1 fully saturated rings. The highest BCUT2D eigenvalue weighted by molar-refractivity contribution is 7.89. The molecule has 1 aliphatic heterocycles. The van der Waals surface area contributed by atoms with E-state index in [1.165, 1.54) is 22.5 Å². The molecule has 0 amide bonds. The summed E-state index contributed by atoms with van der Waals surface area (Å²) >= 11 is 0. The van der Waals surface area contributed by atoms with Crippen molar-refractivity contribution < 1.29 is 23.1 Å². The summed E-state index contributed by atoms with van der Waals surface area (Å²) in [6.45, 7) is 3.36. The summed E-state index contributed by atoms with van der Waals surface area (Å²) in [7, 11) is -3.79. The number of carbonyl (C=O) groups is 2. The summed E-state index contributed by atoms with van der Waals surface area (Å²) in [5, 5.41) is 9.21. The fraction of sp³-hybridized carbons (Fsp3) is 0.467. The molecule has 0 spiro atoms. The summed E-state index contributed by atoms with van der Waals surface area (Å²) < 4.78 is 26.4. The summed E-state index contributed by atoms with van der Waals surface area (Å²) in [5.41, 5.74) is -0.715. The average molecular weight is 325 g/mol. The van der Waals surface area contributed by atoms with E-state index < -0.39 is 21.4 Å². The van der Waals surface area contributed by atoms with E-state index in [0.717, 1.165) is 0 Å². The fourth-order valence-electron chi connectivity index (χ4n) is 2.48. The molecule has 1 aromatic carbocycles. The van der Waals surface area contributed by atoms with Gasteiger partial charge in [-0.05, 0) is 25.5 Å². The summed E-state index contributed by atoms with van der Waals surface area (Å²) in [5.74, 6) is -1.13. The van der Waals surface area contributed by atoms with Crippen LogP contribution in [0.5, 0.6) is 0 Å². The monoisotopic (exact) mass is 325 g/mol. The molecule has 2 rings (SSSR count). The van der Waals surface area contributed by atoms with Gasteiger partial charge in [-0.15, -0.1) is 0 Å². The van der Waals surface area contributed by atoms with Crippen molar-refractivity contribution in [3.8, 4) is 0 Å². The second-order valence-corrected chi connectivity index (χ2v) is 7.70. The minimum Gasteiger partial charge on any atom is -0.481 e. The van der Waals surface area contributed by atoms with E-state index in [1.54, 1.807) is 19.9 Å². The number of sulfonamides is 1. The zero-order valence-corrected chi connectivity index (χ0v) is 13.4. The molecule has 1 atom stereocenters. The molecule has 1 aromatic rings. The minimum atomic E-state index is -3.79. The Morgan fingerprint density at radius 1 is 1.36 bits per heavy atom. The van der Waals surface area contributed by atoms with E-state index in [-0.39, 0.29) is 30.2 Å². The predicted molar refractivity (Wildman–Crippen MR) is 80.2 cm³/mol. The first kappa shape index (κ1) is 16.6. The van der Waals surface area contributed by atoms with Crippen LogP contribution in [0.15, 0.2) is 29.2 Å². The summed E-state index contributed by atoms with van der Waals surface area (Å²) in [6.07, 6.45) is 0.569. The number of carbonyl (C=O) groups excluding carboxylic acids is 1. The number of aliphatic carboxylic acids is 1. The maximum atomic E-state index is 12.6. The molecule has 6 nitrogen and oxygen atoms in total. The SMILES string of the molecule is CCC(=O)c1cccc(S(=O)(=O)N2CCC(C)(C(=O)O)C2)c1. The van der Waals surface area contributed by atoms with Gasteiger partial charge in [0.15, 0.2) is 5.78 Å². The molecule has 0 bridgehead atoms. The Morgan fingerprint density at radius 3 is 2.59 bits per heavy atom. The lowest BCUT2D eigenvalue weighted by Gasteiger charge is -2.20. The van der Waals surface area contributed by atoms with Gasteiger partial charge in [0, 0.05) is 25.1 Å². The van der Waals surface area contributed by atoms with Crippen LogP contribution in [-0.2, 0) is 14.8 Å². The lowest BCUT2D eigenvalue weighted by atomic mass is 9.90. The van der Waals surface area contributed by atoms with Crippen LogP contribution in [0, 0.1) is 5.41 Å². The maximum Gasteiger partial charge on any atom is 0.310 e. The van der Waals surface area contributed by atoms with E-state index in [0.29, 0.717) is 12.0 Å². The van der Waals surface area contributed by atoms with Crippen LogP contribution in [0.2, 0.25) is 0 Å². The number of nitrogens with zero attached hydrogens (tertiary/aromatic N) is 1. The number of carboxylic acids is 1. The first-order valence-electron chi connectivity index (χ1n) is 7.07. The first-order chi connectivity index (χ1) is 10.2. The van der Waals surface area contributed by atoms with Crippen molar-refractivity contribution >= 4 is 21.8 Å². The van der Waals surface area contributed by atoms with Crippen molar-refractivity contribution in [2.75, 3.05) is 13.1 Å². The molecule has 1 N–H and O–H groups in total. The lowest BCUT2D eigenvalue weighted by molar-refractivity contribution is -0.146. The number of hydrogen-bond donors (Lipinski definition) is 1. The van der Waals surface area contributed by atoms with Crippen LogP contribution in [0.4, 0.5) is 0 Å². The number of rotatable bonds is 5. The van der Waals surface area contributed by atoms with E-state index in [4.69, 9.17) is 0 Å². The highest BCUT2D eigenvalue weighted by Gasteiger charge is 2.44. The Hall–Kier alpha value is -1.73. The number of benzene rings is 1. The molecule has 0 radical (unpaired) electrons. The average Bonchev–Trinajstić information content (AvgIpc) is 2.91. The molecule has 0 saturated carbocycles. The minimum absolute atomic E-state index is 0.0291. The van der Waals surface area contributed by atoms with Gasteiger partial charge in [-0.1, -0.05) is 19.1 Å². The van der Waals surface area contributed by atoms with Crippen LogP contribution >= 0.6 is 0 Å². The number of hydrogen-bond acceptors (Lipinski definition) is 4. The van der Waals surface area contributed by atoms with Crippen molar-refractivity contribution in [1.29, 1.82) is 0 Å². The Labute approximate surface area is 129 Å². The standard InChI is InChI=1S/C15H19NO5S/c1-3-13(17)11-5-4-6-12(9-11)22(20,21)16-8-7-15(2,10-16)14(18)19/h4-6,9H,3,7-8,10H2,1-2H3,(H,18,19). The van der Waals surface area contributed by atoms with Crippen molar-refractivity contribution in [3.05, 3.63) is 29.8 Å². The number of ketones is 1. The van der Waals surface area contributed by atoms with Crippen LogP contribution in [-0.4, -0.2) is 42.7 Å². The first-order valence-corrected chi connectivity index (χ1v) is 8.51. The van der Waals surface area contributed by atoms with Crippen molar-refractivity contribution in [2.24, 2.45) is 5.41 Å². The molecular weight excluding hydrogens is 306 g/mol. The third-order valence-corrected chi connectivity index (χ3v) is 5.91. The Bertz CT molecular complexity index is 712. The van der Waals surface area contributed by atoms with Gasteiger partial charge in [0.2, 0.25) is 10.0 Å². The van der Waals surface area contributed by atoms with Crippen molar-refractivity contribution in [3.63, 3.8) is 0 Å². The molecule has 1 aliphatic rings. The molecule has 120 valence electrons. The van der Waals surface area contributed by atoms with E-state index in [9.17, 15) is 23.1 Å². The van der Waals surface area contributed by atoms with Crippen LogP contribution < -0.4 is 0 Å². The zero-order valence-electron chi connectivity index (χ0n) is 12.6. The van der Waals surface area contributed by atoms with Gasteiger partial charge in [0.25, 0.3) is 0 Å². The summed E-state index contributed by atoms with van der Waals surface area (Å²) in [6, 6.07) is 5.90. The number of Topliss-reactive ketones (excluding diaryl/α,β-unsaturated/α-hetero) is 1. The topological polar surface area (TPSA) is 91.8 Å². The van der Waals surface area contributed by atoms with Gasteiger partial charge in [-0.2, -0.15) is 4.31 Å². The second kappa shape index (κ2) is 5.81. The summed E-state index contributed by atoms with van der Waals surface area (Å²) in [4.78, 5) is 23.0. The Kier molecular flexibility index (Phi) is 4.39. The van der Waals surface area contributed by atoms with Gasteiger partial charge in [0.05, 0.1) is 10.3 Å². The van der Waals surface area contributed by atoms with Crippen molar-refractivity contribution in [1.82, 2.24) is 4.31 Å². The largest absolute Gasteiger partial charge is 0.481 e. The van der Waals surface area contributed by atoms with Gasteiger partial charge in [-0.3, -0.25) is 9.59 Å². The molecule has 0 aliphatic carbocycles. The van der Waals surface area contributed by atoms with Gasteiger partial charge in [-0.25, -0.2) is 8.42 Å². The smallest absolute Gasteiger partial charge is 0.310 e. The Morgan fingerprint density at radius 2 is 2.05 bits per heavy atom. The third kappa shape index (κ3) is 2.91. The molecule has 1 unspecified atom stereocenters. The highest BCUT2D eigenvalue weighted by Crippen LogP contribution is 2.33. The van der Waals surface area contributed by atoms with Crippen LogP contribution in [0.1, 0.15) is 37.0 Å². The van der Waals surface area contributed by atoms with Crippen LogP contribution in [0.25, 0.3) is 0 Å². The molecule has 22 heavy (non-hydrogen) atoms.